The number of aliphatic hydroxyl groups is 1. The molecule has 2 aliphatic rings. The molecule has 1 N–H and O–H groups in total. The first-order valence-corrected chi connectivity index (χ1v) is 11.0. The van der Waals surface area contributed by atoms with Gasteiger partial charge in [0.15, 0.2) is 5.69 Å². The summed E-state index contributed by atoms with van der Waals surface area (Å²) < 4.78 is 5.60. The van der Waals surface area contributed by atoms with Gasteiger partial charge in [-0.2, -0.15) is 0 Å². The van der Waals surface area contributed by atoms with Crippen molar-refractivity contribution in [3.05, 3.63) is 53.7 Å². The van der Waals surface area contributed by atoms with E-state index in [0.717, 1.165) is 45.6 Å². The van der Waals surface area contributed by atoms with Gasteiger partial charge in [0, 0.05) is 45.8 Å². The molecule has 0 saturated carbocycles. The number of aromatic nitrogens is 1. The fourth-order valence-electron chi connectivity index (χ4n) is 4.36. The zero-order valence-corrected chi connectivity index (χ0v) is 17.8. The highest BCUT2D eigenvalue weighted by molar-refractivity contribution is 5.92. The summed E-state index contributed by atoms with van der Waals surface area (Å²) in [5.41, 5.74) is 0.905. The number of β-amino-alcohol motifs (C(OH)–C–C–N with tert-alkyl or cyclic N) is 1. The third kappa shape index (κ3) is 5.09. The lowest BCUT2D eigenvalue weighted by atomic mass is 9.90. The molecule has 4 rings (SSSR count). The smallest absolute Gasteiger partial charge is 0.275 e. The Balaban J connectivity index is 1.27. The van der Waals surface area contributed by atoms with Crippen molar-refractivity contribution in [2.75, 3.05) is 39.3 Å². The van der Waals surface area contributed by atoms with Gasteiger partial charge < -0.3 is 14.4 Å². The second-order valence-corrected chi connectivity index (χ2v) is 8.57. The van der Waals surface area contributed by atoms with Gasteiger partial charge in [-0.05, 0) is 24.8 Å². The van der Waals surface area contributed by atoms with E-state index in [0.29, 0.717) is 37.6 Å². The lowest BCUT2D eigenvalue weighted by Crippen LogP contribution is -2.50. The van der Waals surface area contributed by atoms with E-state index in [-0.39, 0.29) is 5.91 Å². The molecule has 0 bridgehead atoms. The van der Waals surface area contributed by atoms with Crippen LogP contribution in [0, 0.1) is 0 Å². The average molecular weight is 413 g/mol. The van der Waals surface area contributed by atoms with Gasteiger partial charge >= 0.3 is 0 Å². The molecule has 30 heavy (non-hydrogen) atoms. The molecule has 2 fully saturated rings. The minimum Gasteiger partial charge on any atom is -0.447 e. The van der Waals surface area contributed by atoms with Crippen molar-refractivity contribution in [3.8, 4) is 0 Å². The number of benzene rings is 1. The molecule has 7 nitrogen and oxygen atoms in total. The van der Waals surface area contributed by atoms with E-state index in [1.165, 1.54) is 11.8 Å². The molecular weight excluding hydrogens is 380 g/mol. The Hall–Kier alpha value is -2.22. The summed E-state index contributed by atoms with van der Waals surface area (Å²) in [6.45, 7) is 8.50. The van der Waals surface area contributed by atoms with Crippen molar-refractivity contribution in [3.63, 3.8) is 0 Å². The number of rotatable bonds is 6. The van der Waals surface area contributed by atoms with Crippen LogP contribution in [0.2, 0.25) is 0 Å². The third-order valence-electron chi connectivity index (χ3n) is 6.34. The van der Waals surface area contributed by atoms with E-state index in [1.807, 2.05) is 13.0 Å². The Kier molecular flexibility index (Phi) is 6.51. The second-order valence-electron chi connectivity index (χ2n) is 8.57. The molecule has 0 aliphatic carbocycles. The first-order valence-electron chi connectivity index (χ1n) is 11.0. The molecule has 0 spiro atoms. The fraction of sp³-hybridized carbons (Fsp3) is 0.565. The zero-order chi connectivity index (χ0) is 21.0. The fourth-order valence-corrected chi connectivity index (χ4v) is 4.36. The maximum absolute atomic E-state index is 12.8. The first kappa shape index (κ1) is 21.0. The number of nitrogens with zero attached hydrogens (tertiary/aromatic N) is 4. The first-order chi connectivity index (χ1) is 14.5. The minimum absolute atomic E-state index is 0.149. The van der Waals surface area contributed by atoms with Crippen LogP contribution in [-0.2, 0) is 13.1 Å². The van der Waals surface area contributed by atoms with Gasteiger partial charge in [0.25, 0.3) is 5.91 Å². The lowest BCUT2D eigenvalue weighted by Gasteiger charge is -2.38. The maximum Gasteiger partial charge on any atom is 0.275 e. The minimum atomic E-state index is -0.778. The van der Waals surface area contributed by atoms with Gasteiger partial charge in [0.2, 0.25) is 5.89 Å². The molecule has 162 valence electrons. The number of likely N-dealkylation sites (tertiary alicyclic amines) is 1. The van der Waals surface area contributed by atoms with E-state index in [4.69, 9.17) is 4.42 Å². The molecule has 3 heterocycles. The number of piperazine rings is 1. The van der Waals surface area contributed by atoms with Gasteiger partial charge in [-0.1, -0.05) is 37.3 Å². The highest BCUT2D eigenvalue weighted by Gasteiger charge is 2.34. The molecule has 1 atom stereocenters. The molecule has 2 aliphatic heterocycles. The van der Waals surface area contributed by atoms with Crippen LogP contribution in [0.5, 0.6) is 0 Å². The summed E-state index contributed by atoms with van der Waals surface area (Å²) in [5.74, 6) is 0.432. The lowest BCUT2D eigenvalue weighted by molar-refractivity contribution is -0.0271. The van der Waals surface area contributed by atoms with E-state index < -0.39 is 5.60 Å². The molecule has 0 unspecified atom stereocenters. The number of oxazole rings is 1. The summed E-state index contributed by atoms with van der Waals surface area (Å²) in [6.07, 6.45) is 3.67. The van der Waals surface area contributed by atoms with Crippen LogP contribution in [0.4, 0.5) is 0 Å². The zero-order valence-electron chi connectivity index (χ0n) is 17.8. The maximum atomic E-state index is 12.8. The number of piperidine rings is 1. The number of hydrogen-bond donors (Lipinski definition) is 1. The van der Waals surface area contributed by atoms with Crippen LogP contribution in [0.25, 0.3) is 0 Å². The summed E-state index contributed by atoms with van der Waals surface area (Å²) in [4.78, 5) is 23.7. The number of carbonyl (C=O) groups excluding carboxylic acids is 1. The SMILES string of the molecule is CC[C@@]1(O)CCCN(C(=O)c2coc(CN3CCN(Cc4ccccc4)CC3)n2)C1. The van der Waals surface area contributed by atoms with E-state index >= 15 is 0 Å². The van der Waals surface area contributed by atoms with Crippen molar-refractivity contribution >= 4 is 5.91 Å². The van der Waals surface area contributed by atoms with Gasteiger partial charge in [-0.3, -0.25) is 14.6 Å². The molecule has 0 radical (unpaired) electrons. The Morgan fingerprint density at radius 1 is 1.10 bits per heavy atom. The van der Waals surface area contributed by atoms with Gasteiger partial charge in [0.05, 0.1) is 12.1 Å². The van der Waals surface area contributed by atoms with Gasteiger partial charge in [-0.25, -0.2) is 4.98 Å². The van der Waals surface area contributed by atoms with Crippen LogP contribution >= 0.6 is 0 Å². The third-order valence-corrected chi connectivity index (χ3v) is 6.34. The molecule has 1 amide bonds. The second kappa shape index (κ2) is 9.29. The summed E-state index contributed by atoms with van der Waals surface area (Å²) in [6, 6.07) is 10.5. The standard InChI is InChI=1S/C23H32N4O3/c1-2-23(29)9-6-10-27(18-23)22(28)20-17-30-21(24-20)16-26-13-11-25(12-14-26)15-19-7-4-3-5-8-19/h3-5,7-8,17,29H,2,6,9-16,18H2,1H3/t23-/m1/s1. The predicted molar refractivity (Wildman–Crippen MR) is 114 cm³/mol. The number of amides is 1. The van der Waals surface area contributed by atoms with E-state index in [1.54, 1.807) is 4.90 Å². The van der Waals surface area contributed by atoms with Crippen molar-refractivity contribution in [1.82, 2.24) is 19.7 Å². The van der Waals surface area contributed by atoms with E-state index in [9.17, 15) is 9.90 Å². The highest BCUT2D eigenvalue weighted by atomic mass is 16.3. The molecule has 1 aromatic carbocycles. The molecule has 7 heteroatoms. The molecule has 2 saturated heterocycles. The quantitative estimate of drug-likeness (QED) is 0.785. The monoisotopic (exact) mass is 412 g/mol. The van der Waals surface area contributed by atoms with Crippen LogP contribution in [0.1, 0.15) is 48.1 Å². The Labute approximate surface area is 178 Å². The topological polar surface area (TPSA) is 73.1 Å². The van der Waals surface area contributed by atoms with Crippen LogP contribution in [-0.4, -0.2) is 75.6 Å². The Bertz CT molecular complexity index is 832. The van der Waals surface area contributed by atoms with Crippen LogP contribution in [0.15, 0.2) is 41.0 Å². The number of carbonyl (C=O) groups is 1. The largest absolute Gasteiger partial charge is 0.447 e. The van der Waals surface area contributed by atoms with Gasteiger partial charge in [-0.15, -0.1) is 0 Å². The Morgan fingerprint density at radius 2 is 1.80 bits per heavy atom. The average Bonchev–Trinajstić information content (AvgIpc) is 3.24. The molecule has 1 aromatic heterocycles. The van der Waals surface area contributed by atoms with Gasteiger partial charge in [0.1, 0.15) is 6.26 Å². The predicted octanol–water partition coefficient (Wildman–Crippen LogP) is 2.37. The van der Waals surface area contributed by atoms with Crippen LogP contribution < -0.4 is 0 Å². The normalized spacial score (nSPS) is 23.6. The summed E-state index contributed by atoms with van der Waals surface area (Å²) in [5, 5.41) is 10.5. The summed E-state index contributed by atoms with van der Waals surface area (Å²) >= 11 is 0. The number of hydrogen-bond acceptors (Lipinski definition) is 6. The van der Waals surface area contributed by atoms with Crippen LogP contribution in [0.3, 0.4) is 0 Å². The molecule has 2 aromatic rings. The Morgan fingerprint density at radius 3 is 2.50 bits per heavy atom. The van der Waals surface area contributed by atoms with Crippen molar-refractivity contribution in [2.24, 2.45) is 0 Å². The van der Waals surface area contributed by atoms with Crippen molar-refractivity contribution < 1.29 is 14.3 Å². The molecular formula is C23H32N4O3. The van der Waals surface area contributed by atoms with Crippen molar-refractivity contribution in [1.29, 1.82) is 0 Å². The summed E-state index contributed by atoms with van der Waals surface area (Å²) in [7, 11) is 0. The highest BCUT2D eigenvalue weighted by Crippen LogP contribution is 2.25. The van der Waals surface area contributed by atoms with Crippen molar-refractivity contribution in [2.45, 2.75) is 44.9 Å². The van der Waals surface area contributed by atoms with E-state index in [2.05, 4.69) is 39.0 Å².